The molecule has 0 amide bonds. The van der Waals surface area contributed by atoms with E-state index in [4.69, 9.17) is 15.0 Å². The molecule has 0 atom stereocenters. The van der Waals surface area contributed by atoms with Crippen molar-refractivity contribution < 1.29 is 0 Å². The smallest absolute Gasteiger partial charge is 0.0961 e. The largest absolute Gasteiger partial charge is 0.259 e. The third-order valence-electron chi connectivity index (χ3n) is 13.8. The second-order valence-corrected chi connectivity index (χ2v) is 17.0. The van der Waals surface area contributed by atoms with E-state index in [1.807, 2.05) is 18.5 Å². The molecule has 7 aromatic carbocycles. The summed E-state index contributed by atoms with van der Waals surface area (Å²) in [4.78, 5) is 15.2. The quantitative estimate of drug-likeness (QED) is 0.168. The summed E-state index contributed by atoms with van der Waals surface area (Å²) in [6.07, 6.45) is 26.2. The fourth-order valence-corrected chi connectivity index (χ4v) is 11.0. The Morgan fingerprint density at radius 2 is 1.10 bits per heavy atom. The first-order valence-corrected chi connectivity index (χ1v) is 21.7. The number of pyridine rings is 2. The second kappa shape index (κ2) is 13.3. The van der Waals surface area contributed by atoms with Crippen LogP contribution in [0.25, 0.3) is 106 Å². The van der Waals surface area contributed by atoms with Crippen molar-refractivity contribution >= 4 is 84.3 Å². The van der Waals surface area contributed by atoms with E-state index in [9.17, 15) is 0 Å². The molecule has 3 heteroatoms. The number of nitrogens with zero attached hydrogens (tertiary/aromatic N) is 3. The Morgan fingerprint density at radius 3 is 1.95 bits per heavy atom. The van der Waals surface area contributed by atoms with E-state index in [0.29, 0.717) is 0 Å². The predicted molar refractivity (Wildman–Crippen MR) is 254 cm³/mol. The predicted octanol–water partition coefficient (Wildman–Crippen LogP) is 14.8. The van der Waals surface area contributed by atoms with Crippen LogP contribution >= 0.6 is 0 Å². The van der Waals surface area contributed by atoms with Crippen molar-refractivity contribution in [2.24, 2.45) is 4.99 Å². The summed E-state index contributed by atoms with van der Waals surface area (Å²) in [5.41, 5.74) is 20.1. The zero-order valence-electron chi connectivity index (χ0n) is 33.4. The van der Waals surface area contributed by atoms with Crippen LogP contribution in [-0.4, -0.2) is 16.2 Å². The minimum Gasteiger partial charge on any atom is -0.259 e. The van der Waals surface area contributed by atoms with Crippen LogP contribution in [-0.2, 0) is 25.7 Å². The van der Waals surface area contributed by atoms with Gasteiger partial charge < -0.3 is 0 Å². The van der Waals surface area contributed by atoms with E-state index in [-0.39, 0.29) is 0 Å². The maximum absolute atomic E-state index is 5.60. The second-order valence-electron chi connectivity index (χ2n) is 17.0. The third kappa shape index (κ3) is 5.05. The average molecular weight is 768 g/mol. The monoisotopic (exact) mass is 767 g/mol. The van der Waals surface area contributed by atoms with Crippen molar-refractivity contribution in [1.82, 2.24) is 9.97 Å². The molecular formula is C57H41N3. The van der Waals surface area contributed by atoms with Crippen molar-refractivity contribution in [3.8, 4) is 33.5 Å². The SMILES string of the molecule is C1=Cc2c(c(-c3ccc(-c4ccc5c(c4)c4c(c6cc(-c7cc8cccnc8c8c7CCC=N8)ccc65)C=CCC4)cc3)nc3c4c(c5ccccc5c23)CCC=C4)CC1. The van der Waals surface area contributed by atoms with E-state index in [0.717, 1.165) is 79.2 Å². The minimum atomic E-state index is 0.955. The Labute approximate surface area is 349 Å². The highest BCUT2D eigenvalue weighted by Crippen LogP contribution is 2.45. The highest BCUT2D eigenvalue weighted by molar-refractivity contribution is 6.17. The van der Waals surface area contributed by atoms with E-state index in [1.165, 1.54) is 104 Å². The number of aliphatic imine (C=N–C) groups is 1. The van der Waals surface area contributed by atoms with Gasteiger partial charge in [0, 0.05) is 34.3 Å². The lowest BCUT2D eigenvalue weighted by molar-refractivity contribution is 0.979. The number of aryl methyl sites for hydroxylation is 2. The minimum absolute atomic E-state index is 0.955. The first kappa shape index (κ1) is 33.9. The summed E-state index contributed by atoms with van der Waals surface area (Å²) in [5, 5.41) is 10.5. The van der Waals surface area contributed by atoms with Crippen molar-refractivity contribution in [3.05, 3.63) is 166 Å². The molecule has 13 rings (SSSR count). The average Bonchev–Trinajstić information content (AvgIpc) is 3.33. The van der Waals surface area contributed by atoms with Gasteiger partial charge in [0.15, 0.2) is 0 Å². The lowest BCUT2D eigenvalue weighted by atomic mass is 9.83. The molecule has 0 bridgehead atoms. The number of hydrogen-bond donors (Lipinski definition) is 0. The number of aromatic nitrogens is 2. The molecule has 3 aliphatic carbocycles. The molecule has 3 nitrogen and oxygen atoms in total. The topological polar surface area (TPSA) is 38.1 Å². The Morgan fingerprint density at radius 1 is 0.433 bits per heavy atom. The molecule has 60 heavy (non-hydrogen) atoms. The van der Waals surface area contributed by atoms with Gasteiger partial charge in [-0.3, -0.25) is 9.98 Å². The first-order valence-electron chi connectivity index (χ1n) is 21.7. The van der Waals surface area contributed by atoms with Crippen molar-refractivity contribution in [3.63, 3.8) is 0 Å². The van der Waals surface area contributed by atoms with Crippen LogP contribution in [0.5, 0.6) is 0 Å². The highest BCUT2D eigenvalue weighted by Gasteiger charge is 2.24. The van der Waals surface area contributed by atoms with E-state index < -0.39 is 0 Å². The molecule has 0 radical (unpaired) electrons. The van der Waals surface area contributed by atoms with Gasteiger partial charge in [-0.1, -0.05) is 115 Å². The summed E-state index contributed by atoms with van der Waals surface area (Å²) in [7, 11) is 0. The van der Waals surface area contributed by atoms with Crippen LogP contribution in [0, 0.1) is 0 Å². The molecule has 1 aliphatic heterocycles. The van der Waals surface area contributed by atoms with E-state index in [1.54, 1.807) is 0 Å². The number of hydrogen-bond acceptors (Lipinski definition) is 3. The standard InChI is InChI=1S/C57H41N3/c1-2-15-42-41(14-1)51-31-36(25-27-43(51)44-28-26-37(32-52(42)44)50-33-38-11-9-29-58-55(38)57-49(50)20-10-30-59-57)34-21-23-35(24-22-34)54-48-19-8-6-17-46(48)53-45-16-5-3-12-39(45)40-13-4-7-18-47(40)56(53)60-54/h2-3,5-7,9,11-12,15-18,21-33H,1,4,8,10,13-14,19-20H2. The van der Waals surface area contributed by atoms with Gasteiger partial charge in [-0.25, -0.2) is 4.98 Å². The van der Waals surface area contributed by atoms with Gasteiger partial charge in [0.1, 0.15) is 0 Å². The van der Waals surface area contributed by atoms with Crippen LogP contribution in [0.4, 0.5) is 5.69 Å². The lowest BCUT2D eigenvalue weighted by Crippen LogP contribution is -2.06. The van der Waals surface area contributed by atoms with E-state index in [2.05, 4.69) is 134 Å². The Balaban J connectivity index is 0.929. The molecule has 0 unspecified atom stereocenters. The molecule has 4 aliphatic rings. The number of benzene rings is 7. The zero-order valence-corrected chi connectivity index (χ0v) is 33.4. The first-order chi connectivity index (χ1) is 29.8. The van der Waals surface area contributed by atoms with Crippen LogP contribution in [0.3, 0.4) is 0 Å². The maximum Gasteiger partial charge on any atom is 0.0961 e. The van der Waals surface area contributed by atoms with Crippen molar-refractivity contribution in [2.45, 2.75) is 51.4 Å². The fourth-order valence-electron chi connectivity index (χ4n) is 11.0. The van der Waals surface area contributed by atoms with Gasteiger partial charge in [0.05, 0.1) is 22.4 Å². The molecule has 2 aromatic heterocycles. The van der Waals surface area contributed by atoms with Gasteiger partial charge in [-0.2, -0.15) is 0 Å². The Hall–Kier alpha value is -6.97. The van der Waals surface area contributed by atoms with Gasteiger partial charge in [0.2, 0.25) is 0 Å². The molecule has 0 saturated heterocycles. The Bertz CT molecular complexity index is 3470. The number of rotatable bonds is 3. The highest BCUT2D eigenvalue weighted by atomic mass is 14.8. The fraction of sp³-hybridized carbons (Fsp3) is 0.140. The zero-order chi connectivity index (χ0) is 39.3. The molecule has 284 valence electrons. The molecule has 0 spiro atoms. The molecular weight excluding hydrogens is 727 g/mol. The van der Waals surface area contributed by atoms with Gasteiger partial charge in [0.25, 0.3) is 0 Å². The number of fused-ring (bicyclic) bond motifs is 17. The summed E-state index contributed by atoms with van der Waals surface area (Å²) >= 11 is 0. The Kier molecular flexibility index (Phi) is 7.51. The molecule has 0 saturated carbocycles. The van der Waals surface area contributed by atoms with Crippen LogP contribution in [0.1, 0.15) is 64.6 Å². The van der Waals surface area contributed by atoms with Crippen LogP contribution in [0.2, 0.25) is 0 Å². The van der Waals surface area contributed by atoms with Crippen molar-refractivity contribution in [1.29, 1.82) is 0 Å². The molecule has 0 fully saturated rings. The normalized spacial score (nSPS) is 15.2. The summed E-state index contributed by atoms with van der Waals surface area (Å²) in [6, 6.07) is 39.0. The summed E-state index contributed by atoms with van der Waals surface area (Å²) < 4.78 is 0. The molecule has 9 aromatic rings. The number of allylic oxidation sites excluding steroid dienone is 3. The van der Waals surface area contributed by atoms with Crippen LogP contribution in [0.15, 0.2) is 133 Å². The van der Waals surface area contributed by atoms with E-state index >= 15 is 0 Å². The van der Waals surface area contributed by atoms with Crippen molar-refractivity contribution in [2.75, 3.05) is 0 Å². The third-order valence-corrected chi connectivity index (χ3v) is 13.8. The van der Waals surface area contributed by atoms with Gasteiger partial charge in [-0.05, 0) is 164 Å². The van der Waals surface area contributed by atoms with Crippen LogP contribution < -0.4 is 0 Å². The summed E-state index contributed by atoms with van der Waals surface area (Å²) in [5.74, 6) is 0. The molecule has 0 N–H and O–H groups in total. The molecule has 3 heterocycles. The maximum atomic E-state index is 5.60. The lowest BCUT2D eigenvalue weighted by Gasteiger charge is -2.23. The van der Waals surface area contributed by atoms with Gasteiger partial charge >= 0.3 is 0 Å². The van der Waals surface area contributed by atoms with Gasteiger partial charge in [-0.15, -0.1) is 0 Å². The summed E-state index contributed by atoms with van der Waals surface area (Å²) in [6.45, 7) is 0.